The van der Waals surface area contributed by atoms with E-state index in [2.05, 4.69) is 28.2 Å². The van der Waals surface area contributed by atoms with Gasteiger partial charge in [-0.3, -0.25) is 0 Å². The summed E-state index contributed by atoms with van der Waals surface area (Å²) in [6.45, 7) is 2.28. The molecule has 1 unspecified atom stereocenters. The molecular formula is C13H17BrClN. The smallest absolute Gasteiger partial charge is 0.0549 e. The summed E-state index contributed by atoms with van der Waals surface area (Å²) in [5.41, 5.74) is 1.15. The summed E-state index contributed by atoms with van der Waals surface area (Å²) >= 11 is 9.42. The average molecular weight is 303 g/mol. The number of nitrogens with one attached hydrogen (secondary N) is 1. The van der Waals surface area contributed by atoms with Crippen LogP contribution in [0.1, 0.15) is 32.6 Å². The molecule has 0 saturated heterocycles. The highest BCUT2D eigenvalue weighted by atomic mass is 79.9. The van der Waals surface area contributed by atoms with Gasteiger partial charge in [-0.05, 0) is 59.8 Å². The maximum atomic E-state index is 5.97. The van der Waals surface area contributed by atoms with Crippen molar-refractivity contribution in [3.8, 4) is 0 Å². The molecular weight excluding hydrogens is 286 g/mol. The summed E-state index contributed by atoms with van der Waals surface area (Å²) in [4.78, 5) is 0. The Morgan fingerprint density at radius 1 is 1.38 bits per heavy atom. The molecule has 88 valence electrons. The highest BCUT2D eigenvalue weighted by Gasteiger charge is 2.21. The van der Waals surface area contributed by atoms with Gasteiger partial charge in [0, 0.05) is 16.2 Å². The number of hydrogen-bond acceptors (Lipinski definition) is 1. The first-order valence-electron chi connectivity index (χ1n) is 5.88. The second-order valence-corrected chi connectivity index (χ2v) is 5.87. The van der Waals surface area contributed by atoms with Crippen LogP contribution in [0.2, 0.25) is 5.02 Å². The third-order valence-electron chi connectivity index (χ3n) is 3.42. The van der Waals surface area contributed by atoms with Gasteiger partial charge in [0.15, 0.2) is 0 Å². The lowest BCUT2D eigenvalue weighted by Gasteiger charge is -2.21. The minimum atomic E-state index is 0.551. The Kier molecular flexibility index (Phi) is 4.15. The molecule has 3 heteroatoms. The lowest BCUT2D eigenvalue weighted by molar-refractivity contribution is 0.482. The van der Waals surface area contributed by atoms with Gasteiger partial charge in [-0.2, -0.15) is 0 Å². The molecule has 1 N–H and O–H groups in total. The number of benzene rings is 1. The van der Waals surface area contributed by atoms with Crippen molar-refractivity contribution in [1.82, 2.24) is 0 Å². The van der Waals surface area contributed by atoms with Crippen molar-refractivity contribution < 1.29 is 0 Å². The third-order valence-corrected chi connectivity index (χ3v) is 4.63. The van der Waals surface area contributed by atoms with Crippen LogP contribution in [0.5, 0.6) is 0 Å². The van der Waals surface area contributed by atoms with E-state index in [9.17, 15) is 0 Å². The minimum absolute atomic E-state index is 0.551. The van der Waals surface area contributed by atoms with Gasteiger partial charge in [0.05, 0.1) is 5.02 Å². The normalized spacial score (nSPS) is 18.7. The molecule has 1 aromatic rings. The molecule has 0 spiro atoms. The molecule has 0 bridgehead atoms. The van der Waals surface area contributed by atoms with Crippen molar-refractivity contribution in [2.75, 3.05) is 5.32 Å². The van der Waals surface area contributed by atoms with Crippen molar-refractivity contribution in [2.24, 2.45) is 5.92 Å². The van der Waals surface area contributed by atoms with Gasteiger partial charge >= 0.3 is 0 Å². The van der Waals surface area contributed by atoms with Crippen molar-refractivity contribution in [3.63, 3.8) is 0 Å². The van der Waals surface area contributed by atoms with Crippen LogP contribution in [0.15, 0.2) is 22.7 Å². The van der Waals surface area contributed by atoms with E-state index in [-0.39, 0.29) is 0 Å². The number of hydrogen-bond donors (Lipinski definition) is 1. The van der Waals surface area contributed by atoms with Crippen LogP contribution in [-0.4, -0.2) is 6.04 Å². The molecule has 1 nitrogen and oxygen atoms in total. The fourth-order valence-corrected chi connectivity index (χ4v) is 2.92. The topological polar surface area (TPSA) is 12.0 Å². The number of rotatable bonds is 3. The molecule has 0 radical (unpaired) electrons. The van der Waals surface area contributed by atoms with Crippen molar-refractivity contribution in [2.45, 2.75) is 38.6 Å². The van der Waals surface area contributed by atoms with E-state index >= 15 is 0 Å². The lowest BCUT2D eigenvalue weighted by Crippen LogP contribution is -2.23. The van der Waals surface area contributed by atoms with Crippen LogP contribution in [0.4, 0.5) is 5.69 Å². The van der Waals surface area contributed by atoms with Crippen LogP contribution in [0.3, 0.4) is 0 Å². The molecule has 0 aromatic heterocycles. The van der Waals surface area contributed by atoms with Crippen LogP contribution >= 0.6 is 27.5 Å². The summed E-state index contributed by atoms with van der Waals surface area (Å²) < 4.78 is 0.956. The Morgan fingerprint density at radius 2 is 2.06 bits per heavy atom. The Hall–Kier alpha value is -0.210. The largest absolute Gasteiger partial charge is 0.382 e. The van der Waals surface area contributed by atoms with Crippen molar-refractivity contribution in [1.29, 1.82) is 0 Å². The zero-order chi connectivity index (χ0) is 11.5. The molecule has 1 aliphatic carbocycles. The lowest BCUT2D eigenvalue weighted by atomic mass is 9.99. The maximum Gasteiger partial charge on any atom is 0.0549 e. The van der Waals surface area contributed by atoms with Gasteiger partial charge in [-0.25, -0.2) is 0 Å². The Bertz CT molecular complexity index is 361. The second-order valence-electron chi connectivity index (χ2n) is 4.61. The van der Waals surface area contributed by atoms with E-state index < -0.39 is 0 Å². The summed E-state index contributed by atoms with van der Waals surface area (Å²) in [5, 5.41) is 4.33. The monoisotopic (exact) mass is 301 g/mol. The molecule has 1 atom stereocenters. The molecule has 1 aromatic carbocycles. The molecule has 1 fully saturated rings. The zero-order valence-electron chi connectivity index (χ0n) is 9.47. The van der Waals surface area contributed by atoms with Gasteiger partial charge < -0.3 is 5.32 Å². The van der Waals surface area contributed by atoms with Gasteiger partial charge in [0.2, 0.25) is 0 Å². The van der Waals surface area contributed by atoms with Gasteiger partial charge in [-0.15, -0.1) is 0 Å². The first kappa shape index (κ1) is 12.3. The van der Waals surface area contributed by atoms with Gasteiger partial charge in [0.25, 0.3) is 0 Å². The first-order valence-corrected chi connectivity index (χ1v) is 7.05. The molecule has 2 rings (SSSR count). The predicted octanol–water partition coefficient (Wildman–Crippen LogP) is 5.09. The van der Waals surface area contributed by atoms with E-state index in [1.165, 1.54) is 25.7 Å². The van der Waals surface area contributed by atoms with Crippen LogP contribution in [0.25, 0.3) is 0 Å². The molecule has 0 aliphatic heterocycles. The summed E-state index contributed by atoms with van der Waals surface area (Å²) in [5.74, 6) is 0.828. The van der Waals surface area contributed by atoms with Crippen LogP contribution < -0.4 is 5.32 Å². The molecule has 0 heterocycles. The zero-order valence-corrected chi connectivity index (χ0v) is 11.8. The van der Waals surface area contributed by atoms with E-state index in [4.69, 9.17) is 11.6 Å². The first-order chi connectivity index (χ1) is 7.66. The quantitative estimate of drug-likeness (QED) is 0.819. The third kappa shape index (κ3) is 2.92. The SMILES string of the molecule is CC(Nc1ccc(Cl)c(Br)c1)C1CCCC1. The predicted molar refractivity (Wildman–Crippen MR) is 74.2 cm³/mol. The van der Waals surface area contributed by atoms with Gasteiger partial charge in [-0.1, -0.05) is 24.4 Å². The van der Waals surface area contributed by atoms with Crippen LogP contribution in [0, 0.1) is 5.92 Å². The number of anilines is 1. The van der Waals surface area contributed by atoms with Gasteiger partial charge in [0.1, 0.15) is 0 Å². The second kappa shape index (κ2) is 5.42. The van der Waals surface area contributed by atoms with Crippen molar-refractivity contribution >= 4 is 33.2 Å². The van der Waals surface area contributed by atoms with E-state index in [1.54, 1.807) is 0 Å². The summed E-state index contributed by atoms with van der Waals surface area (Å²) in [6, 6.07) is 6.57. The fraction of sp³-hybridized carbons (Fsp3) is 0.538. The highest BCUT2D eigenvalue weighted by molar-refractivity contribution is 9.10. The molecule has 1 saturated carbocycles. The standard InChI is InChI=1S/C13H17BrClN/c1-9(10-4-2-3-5-10)16-11-6-7-13(15)12(14)8-11/h6-10,16H,2-5H2,1H3. The molecule has 16 heavy (non-hydrogen) atoms. The van der Waals surface area contributed by atoms with E-state index in [0.29, 0.717) is 6.04 Å². The highest BCUT2D eigenvalue weighted by Crippen LogP contribution is 2.31. The fourth-order valence-electron chi connectivity index (χ4n) is 2.42. The van der Waals surface area contributed by atoms with Crippen LogP contribution in [-0.2, 0) is 0 Å². The Morgan fingerprint density at radius 3 is 2.69 bits per heavy atom. The number of halogens is 2. The summed E-state index contributed by atoms with van der Waals surface area (Å²) in [6.07, 6.45) is 5.51. The van der Waals surface area contributed by atoms with E-state index in [0.717, 1.165) is 21.1 Å². The molecule has 0 amide bonds. The maximum absolute atomic E-state index is 5.97. The average Bonchev–Trinajstić information content (AvgIpc) is 2.77. The van der Waals surface area contributed by atoms with Crippen molar-refractivity contribution in [3.05, 3.63) is 27.7 Å². The minimum Gasteiger partial charge on any atom is -0.382 e. The Labute approximate surface area is 111 Å². The summed E-state index contributed by atoms with van der Waals surface area (Å²) in [7, 11) is 0. The molecule has 1 aliphatic rings. The van der Waals surface area contributed by atoms with E-state index in [1.807, 2.05) is 18.2 Å². The Balaban J connectivity index is 1.99.